The van der Waals surface area contributed by atoms with Crippen LogP contribution in [0.3, 0.4) is 0 Å². The van der Waals surface area contributed by atoms with Gasteiger partial charge in [0.25, 0.3) is 0 Å². The SMILES string of the molecule is CCCC(N)c1csc(CCN(C)C)n1. The molecule has 1 aromatic heterocycles. The monoisotopic (exact) mass is 227 g/mol. The number of likely N-dealkylation sites (N-methyl/N-ethyl adjacent to an activating group) is 1. The summed E-state index contributed by atoms with van der Waals surface area (Å²) in [5.74, 6) is 0. The number of nitrogens with two attached hydrogens (primary N) is 1. The standard InChI is InChI=1S/C11H21N3S/c1-4-5-9(12)10-8-15-11(13-10)6-7-14(2)3/h8-9H,4-7,12H2,1-3H3. The largest absolute Gasteiger partial charge is 0.323 e. The van der Waals surface area contributed by atoms with Crippen molar-refractivity contribution in [2.24, 2.45) is 5.73 Å². The molecule has 0 aliphatic carbocycles. The second-order valence-corrected chi connectivity index (χ2v) is 5.06. The van der Waals surface area contributed by atoms with Gasteiger partial charge in [-0.15, -0.1) is 11.3 Å². The summed E-state index contributed by atoms with van der Waals surface area (Å²) in [7, 11) is 4.16. The van der Waals surface area contributed by atoms with Crippen LogP contribution < -0.4 is 5.73 Å². The molecule has 0 aliphatic rings. The minimum Gasteiger partial charge on any atom is -0.323 e. The Morgan fingerprint density at radius 2 is 2.27 bits per heavy atom. The Morgan fingerprint density at radius 1 is 1.53 bits per heavy atom. The van der Waals surface area contributed by atoms with Crippen LogP contribution in [-0.4, -0.2) is 30.5 Å². The zero-order chi connectivity index (χ0) is 11.3. The van der Waals surface area contributed by atoms with Gasteiger partial charge in [-0.25, -0.2) is 4.98 Å². The van der Waals surface area contributed by atoms with E-state index in [1.54, 1.807) is 11.3 Å². The predicted molar refractivity (Wildman–Crippen MR) is 66.2 cm³/mol. The van der Waals surface area contributed by atoms with Crippen LogP contribution in [0.25, 0.3) is 0 Å². The maximum absolute atomic E-state index is 6.01. The summed E-state index contributed by atoms with van der Waals surface area (Å²) in [4.78, 5) is 6.74. The lowest BCUT2D eigenvalue weighted by molar-refractivity contribution is 0.413. The van der Waals surface area contributed by atoms with E-state index in [0.29, 0.717) is 0 Å². The molecule has 0 saturated heterocycles. The van der Waals surface area contributed by atoms with Crippen molar-refractivity contribution in [2.75, 3.05) is 20.6 Å². The van der Waals surface area contributed by atoms with Crippen LogP contribution in [0, 0.1) is 0 Å². The van der Waals surface area contributed by atoms with Crippen molar-refractivity contribution in [3.8, 4) is 0 Å². The van der Waals surface area contributed by atoms with Crippen molar-refractivity contribution in [1.29, 1.82) is 0 Å². The van der Waals surface area contributed by atoms with Crippen molar-refractivity contribution < 1.29 is 0 Å². The summed E-state index contributed by atoms with van der Waals surface area (Å²) in [5, 5.41) is 3.30. The lowest BCUT2D eigenvalue weighted by Gasteiger charge is -2.07. The summed E-state index contributed by atoms with van der Waals surface area (Å²) < 4.78 is 0. The molecule has 86 valence electrons. The average molecular weight is 227 g/mol. The highest BCUT2D eigenvalue weighted by Gasteiger charge is 2.09. The van der Waals surface area contributed by atoms with Crippen LogP contribution in [0.5, 0.6) is 0 Å². The fourth-order valence-electron chi connectivity index (χ4n) is 1.39. The molecule has 2 N–H and O–H groups in total. The molecule has 0 bridgehead atoms. The third-order valence-electron chi connectivity index (χ3n) is 2.32. The van der Waals surface area contributed by atoms with E-state index in [2.05, 4.69) is 36.3 Å². The molecular formula is C11H21N3S. The van der Waals surface area contributed by atoms with Crippen LogP contribution in [0.15, 0.2) is 5.38 Å². The Morgan fingerprint density at radius 3 is 2.87 bits per heavy atom. The van der Waals surface area contributed by atoms with E-state index in [0.717, 1.165) is 31.5 Å². The van der Waals surface area contributed by atoms with Gasteiger partial charge in [0, 0.05) is 24.4 Å². The van der Waals surface area contributed by atoms with Gasteiger partial charge in [0.2, 0.25) is 0 Å². The highest BCUT2D eigenvalue weighted by Crippen LogP contribution is 2.18. The van der Waals surface area contributed by atoms with Gasteiger partial charge in [0.1, 0.15) is 0 Å². The molecule has 0 fully saturated rings. The first-order valence-corrected chi connectivity index (χ1v) is 6.36. The number of thiazole rings is 1. The molecule has 0 spiro atoms. The molecule has 1 heterocycles. The van der Waals surface area contributed by atoms with Gasteiger partial charge < -0.3 is 10.6 Å². The highest BCUT2D eigenvalue weighted by atomic mass is 32.1. The molecular weight excluding hydrogens is 206 g/mol. The number of hydrogen-bond donors (Lipinski definition) is 1. The summed E-state index contributed by atoms with van der Waals surface area (Å²) in [6.45, 7) is 3.20. The van der Waals surface area contributed by atoms with Crippen LogP contribution in [0.1, 0.15) is 36.5 Å². The maximum atomic E-state index is 6.01. The molecule has 0 amide bonds. The zero-order valence-corrected chi connectivity index (χ0v) is 10.7. The highest BCUT2D eigenvalue weighted by molar-refractivity contribution is 7.09. The zero-order valence-electron chi connectivity index (χ0n) is 9.86. The molecule has 1 aromatic rings. The summed E-state index contributed by atoms with van der Waals surface area (Å²) >= 11 is 1.73. The van der Waals surface area contributed by atoms with Crippen molar-refractivity contribution in [3.05, 3.63) is 16.1 Å². The lowest BCUT2D eigenvalue weighted by atomic mass is 10.1. The van der Waals surface area contributed by atoms with E-state index in [-0.39, 0.29) is 6.04 Å². The summed E-state index contributed by atoms with van der Waals surface area (Å²) in [6.07, 6.45) is 3.17. The van der Waals surface area contributed by atoms with Gasteiger partial charge in [-0.2, -0.15) is 0 Å². The van der Waals surface area contributed by atoms with Crippen molar-refractivity contribution in [3.63, 3.8) is 0 Å². The number of rotatable bonds is 6. The number of aromatic nitrogens is 1. The quantitative estimate of drug-likeness (QED) is 0.808. The molecule has 0 aliphatic heterocycles. The van der Waals surface area contributed by atoms with Gasteiger partial charge in [-0.05, 0) is 20.5 Å². The molecule has 1 unspecified atom stereocenters. The van der Waals surface area contributed by atoms with Gasteiger partial charge in [0.15, 0.2) is 0 Å². The molecule has 1 rings (SSSR count). The van der Waals surface area contributed by atoms with Gasteiger partial charge in [0.05, 0.1) is 10.7 Å². The first-order chi connectivity index (χ1) is 7.13. The predicted octanol–water partition coefficient (Wildman–Crippen LogP) is 2.05. The van der Waals surface area contributed by atoms with Crippen molar-refractivity contribution in [2.45, 2.75) is 32.2 Å². The fraction of sp³-hybridized carbons (Fsp3) is 0.727. The maximum Gasteiger partial charge on any atom is 0.0941 e. The molecule has 0 aromatic carbocycles. The molecule has 0 radical (unpaired) electrons. The van der Waals surface area contributed by atoms with Gasteiger partial charge in [-0.3, -0.25) is 0 Å². The van der Waals surface area contributed by atoms with Crippen molar-refractivity contribution >= 4 is 11.3 Å². The second-order valence-electron chi connectivity index (χ2n) is 4.11. The van der Waals surface area contributed by atoms with Gasteiger partial charge >= 0.3 is 0 Å². The minimum atomic E-state index is 0.124. The van der Waals surface area contributed by atoms with Crippen LogP contribution >= 0.6 is 11.3 Å². The third-order valence-corrected chi connectivity index (χ3v) is 3.25. The first-order valence-electron chi connectivity index (χ1n) is 5.48. The van der Waals surface area contributed by atoms with E-state index in [4.69, 9.17) is 5.73 Å². The van der Waals surface area contributed by atoms with E-state index < -0.39 is 0 Å². The second kappa shape index (κ2) is 6.20. The first kappa shape index (κ1) is 12.6. The van der Waals surface area contributed by atoms with Gasteiger partial charge in [-0.1, -0.05) is 13.3 Å². The number of hydrogen-bond acceptors (Lipinski definition) is 4. The minimum absolute atomic E-state index is 0.124. The Hall–Kier alpha value is -0.450. The number of nitrogens with zero attached hydrogens (tertiary/aromatic N) is 2. The third kappa shape index (κ3) is 4.28. The Labute approximate surface area is 96.3 Å². The molecule has 4 heteroatoms. The smallest absolute Gasteiger partial charge is 0.0941 e. The summed E-state index contributed by atoms with van der Waals surface area (Å²) in [6, 6.07) is 0.124. The Kier molecular flexibility index (Phi) is 5.22. The van der Waals surface area contributed by atoms with Crippen molar-refractivity contribution in [1.82, 2.24) is 9.88 Å². The fourth-order valence-corrected chi connectivity index (χ4v) is 2.24. The molecule has 1 atom stereocenters. The van der Waals surface area contributed by atoms with Crippen LogP contribution in [0.2, 0.25) is 0 Å². The molecule has 0 saturated carbocycles. The van der Waals surface area contributed by atoms with E-state index in [1.165, 1.54) is 5.01 Å². The van der Waals surface area contributed by atoms with E-state index in [1.807, 2.05) is 0 Å². The Bertz CT molecular complexity index is 283. The summed E-state index contributed by atoms with van der Waals surface area (Å²) in [5.41, 5.74) is 7.07. The Balaban J connectivity index is 2.48. The van der Waals surface area contributed by atoms with Crippen LogP contribution in [0.4, 0.5) is 0 Å². The normalized spacial score (nSPS) is 13.4. The van der Waals surface area contributed by atoms with E-state index >= 15 is 0 Å². The van der Waals surface area contributed by atoms with Crippen LogP contribution in [-0.2, 0) is 6.42 Å². The van der Waals surface area contributed by atoms with E-state index in [9.17, 15) is 0 Å². The average Bonchev–Trinajstić information content (AvgIpc) is 2.63. The lowest BCUT2D eigenvalue weighted by Crippen LogP contribution is -2.15. The molecule has 15 heavy (non-hydrogen) atoms. The topological polar surface area (TPSA) is 42.1 Å². The molecule has 3 nitrogen and oxygen atoms in total.